The maximum atomic E-state index is 10.2. The molecule has 0 aromatic rings. The van der Waals surface area contributed by atoms with Crippen LogP contribution >= 0.6 is 11.6 Å². The molecule has 1 fully saturated rings. The predicted octanol–water partition coefficient (Wildman–Crippen LogP) is 3.53. The number of halogens is 1. The molecule has 1 rings (SSSR count). The lowest BCUT2D eigenvalue weighted by atomic mass is 9.73. The first kappa shape index (κ1) is 9.97. The maximum absolute atomic E-state index is 10.2. The van der Waals surface area contributed by atoms with Gasteiger partial charge in [0.1, 0.15) is 0 Å². The highest BCUT2D eigenvalue weighted by molar-refractivity contribution is 6.20. The van der Waals surface area contributed by atoms with E-state index in [2.05, 4.69) is 19.0 Å². The van der Waals surface area contributed by atoms with Crippen LogP contribution in [-0.2, 0) is 0 Å². The maximum Gasteiger partial charge on any atom is 0.168 e. The Balaban J connectivity index is 2.40. The van der Waals surface area contributed by atoms with Gasteiger partial charge in [-0.2, -0.15) is 0 Å². The van der Waals surface area contributed by atoms with Gasteiger partial charge in [0.25, 0.3) is 0 Å². The predicted molar refractivity (Wildman–Crippen MR) is 51.2 cm³/mol. The monoisotopic (exact) mass is 189 g/mol. The van der Waals surface area contributed by atoms with E-state index in [4.69, 9.17) is 11.6 Å². The van der Waals surface area contributed by atoms with Crippen LogP contribution in [0.4, 0.5) is 0 Å². The van der Waals surface area contributed by atoms with Gasteiger partial charge in [-0.3, -0.25) is 0 Å². The lowest BCUT2D eigenvalue weighted by molar-refractivity contribution is 0.188. The fourth-order valence-electron chi connectivity index (χ4n) is 1.78. The van der Waals surface area contributed by atoms with E-state index in [-0.39, 0.29) is 0 Å². The highest BCUT2D eigenvalue weighted by Gasteiger charge is 2.30. The van der Waals surface area contributed by atoms with E-state index in [0.29, 0.717) is 11.3 Å². The molecule has 0 aliphatic heterocycles. The van der Waals surface area contributed by atoms with E-state index in [1.165, 1.54) is 0 Å². The van der Waals surface area contributed by atoms with Crippen molar-refractivity contribution in [3.63, 3.8) is 0 Å². The largest absolute Gasteiger partial charge is 0.168 e. The minimum Gasteiger partial charge on any atom is -0.149 e. The summed E-state index contributed by atoms with van der Waals surface area (Å²) in [6.07, 6.45) is 4.42. The summed E-state index contributed by atoms with van der Waals surface area (Å²) in [4.78, 5) is 10.2. The average molecular weight is 190 g/mol. The SMILES string of the molecule is CC1(C)CCC(C(Cl)N=O)CC1. The van der Waals surface area contributed by atoms with Crippen LogP contribution in [0.1, 0.15) is 39.5 Å². The van der Waals surface area contributed by atoms with Gasteiger partial charge in [-0.15, -0.1) is 4.91 Å². The van der Waals surface area contributed by atoms with Gasteiger partial charge < -0.3 is 0 Å². The molecule has 1 aliphatic carbocycles. The Kier molecular flexibility index (Phi) is 3.10. The lowest BCUT2D eigenvalue weighted by Gasteiger charge is -2.34. The molecule has 1 saturated carbocycles. The van der Waals surface area contributed by atoms with Crippen molar-refractivity contribution in [2.75, 3.05) is 0 Å². The molecule has 70 valence electrons. The topological polar surface area (TPSA) is 29.4 Å². The second-order valence-corrected chi connectivity index (χ2v) is 4.93. The summed E-state index contributed by atoms with van der Waals surface area (Å²) >= 11 is 5.76. The fourth-order valence-corrected chi connectivity index (χ4v) is 2.03. The molecule has 0 radical (unpaired) electrons. The van der Waals surface area contributed by atoms with Gasteiger partial charge in [0.2, 0.25) is 0 Å². The highest BCUT2D eigenvalue weighted by atomic mass is 35.5. The van der Waals surface area contributed by atoms with Crippen molar-refractivity contribution >= 4 is 11.6 Å². The van der Waals surface area contributed by atoms with Crippen molar-refractivity contribution in [2.24, 2.45) is 16.5 Å². The van der Waals surface area contributed by atoms with Crippen LogP contribution in [0.5, 0.6) is 0 Å². The summed E-state index contributed by atoms with van der Waals surface area (Å²) in [6.45, 7) is 4.53. The molecule has 0 heterocycles. The van der Waals surface area contributed by atoms with Gasteiger partial charge in [-0.1, -0.05) is 25.4 Å². The first-order valence-corrected chi connectivity index (χ1v) is 4.95. The summed E-state index contributed by atoms with van der Waals surface area (Å²) < 4.78 is 0. The van der Waals surface area contributed by atoms with Crippen molar-refractivity contribution in [1.29, 1.82) is 0 Å². The summed E-state index contributed by atoms with van der Waals surface area (Å²) in [7, 11) is 0. The van der Waals surface area contributed by atoms with Crippen molar-refractivity contribution in [2.45, 2.75) is 45.0 Å². The molecule has 0 bridgehead atoms. The molecule has 1 unspecified atom stereocenters. The number of nitrogens with zero attached hydrogens (tertiary/aromatic N) is 1. The number of hydrogen-bond donors (Lipinski definition) is 0. The molecule has 2 nitrogen and oxygen atoms in total. The molecule has 1 aliphatic rings. The molecule has 1 atom stereocenters. The van der Waals surface area contributed by atoms with Gasteiger partial charge in [-0.25, -0.2) is 0 Å². The first-order valence-electron chi connectivity index (χ1n) is 4.52. The second-order valence-electron chi connectivity index (χ2n) is 4.48. The average Bonchev–Trinajstić information content (AvgIpc) is 2.03. The van der Waals surface area contributed by atoms with Crippen LogP contribution < -0.4 is 0 Å². The van der Waals surface area contributed by atoms with Gasteiger partial charge in [0.15, 0.2) is 5.50 Å². The van der Waals surface area contributed by atoms with Crippen molar-refractivity contribution < 1.29 is 0 Å². The molecule has 3 heteroatoms. The van der Waals surface area contributed by atoms with Gasteiger partial charge >= 0.3 is 0 Å². The van der Waals surface area contributed by atoms with Gasteiger partial charge in [-0.05, 0) is 42.2 Å². The number of hydrogen-bond acceptors (Lipinski definition) is 2. The molecule has 0 amide bonds. The highest BCUT2D eigenvalue weighted by Crippen LogP contribution is 2.40. The molecule has 0 aromatic heterocycles. The molecular formula is C9H16ClNO. The molecular weight excluding hydrogens is 174 g/mol. The Morgan fingerprint density at radius 3 is 2.33 bits per heavy atom. The molecule has 0 aromatic carbocycles. The third-order valence-corrected chi connectivity index (χ3v) is 3.31. The van der Waals surface area contributed by atoms with Gasteiger partial charge in [0.05, 0.1) is 0 Å². The van der Waals surface area contributed by atoms with Crippen LogP contribution in [0.2, 0.25) is 0 Å². The van der Waals surface area contributed by atoms with Crippen molar-refractivity contribution in [3.05, 3.63) is 4.91 Å². The smallest absolute Gasteiger partial charge is 0.149 e. The normalized spacial score (nSPS) is 26.6. The fraction of sp³-hybridized carbons (Fsp3) is 1.00. The van der Waals surface area contributed by atoms with E-state index < -0.39 is 5.50 Å². The second kappa shape index (κ2) is 3.73. The van der Waals surface area contributed by atoms with Crippen LogP contribution in [0.3, 0.4) is 0 Å². The summed E-state index contributed by atoms with van der Waals surface area (Å²) in [5, 5.41) is 2.88. The first-order chi connectivity index (χ1) is 5.55. The van der Waals surface area contributed by atoms with Crippen molar-refractivity contribution in [1.82, 2.24) is 0 Å². The lowest BCUT2D eigenvalue weighted by Crippen LogP contribution is -2.25. The minimum atomic E-state index is -0.499. The summed E-state index contributed by atoms with van der Waals surface area (Å²) in [5.74, 6) is 0.317. The van der Waals surface area contributed by atoms with Crippen LogP contribution in [-0.4, -0.2) is 5.50 Å². The van der Waals surface area contributed by atoms with Gasteiger partial charge in [0, 0.05) is 0 Å². The number of alkyl halides is 1. The third-order valence-electron chi connectivity index (χ3n) is 2.87. The Bertz CT molecular complexity index is 160. The van der Waals surface area contributed by atoms with E-state index in [1.54, 1.807) is 0 Å². The zero-order valence-corrected chi connectivity index (χ0v) is 8.47. The Morgan fingerprint density at radius 2 is 1.92 bits per heavy atom. The summed E-state index contributed by atoms with van der Waals surface area (Å²) in [5.41, 5.74) is -0.0585. The third kappa shape index (κ3) is 2.44. The summed E-state index contributed by atoms with van der Waals surface area (Å²) in [6, 6.07) is 0. The standard InChI is InChI=1S/C9H16ClNO/c1-9(2)5-3-7(4-6-9)8(10)11-12/h7-8H,3-6H2,1-2H3. The molecule has 12 heavy (non-hydrogen) atoms. The van der Waals surface area contributed by atoms with E-state index in [1.807, 2.05) is 0 Å². The van der Waals surface area contributed by atoms with E-state index in [0.717, 1.165) is 25.7 Å². The van der Waals surface area contributed by atoms with Crippen LogP contribution in [0.15, 0.2) is 5.18 Å². The number of nitroso groups, excluding NO2 is 1. The Hall–Kier alpha value is -0.110. The Morgan fingerprint density at radius 1 is 1.42 bits per heavy atom. The molecule has 0 N–H and O–H groups in total. The van der Waals surface area contributed by atoms with Crippen LogP contribution in [0, 0.1) is 16.2 Å². The van der Waals surface area contributed by atoms with Crippen LogP contribution in [0.25, 0.3) is 0 Å². The zero-order chi connectivity index (χ0) is 9.19. The van der Waals surface area contributed by atoms with Crippen molar-refractivity contribution in [3.8, 4) is 0 Å². The molecule has 0 saturated heterocycles. The Labute approximate surface area is 78.7 Å². The minimum absolute atomic E-state index is 0.317. The van der Waals surface area contributed by atoms with E-state index >= 15 is 0 Å². The quantitative estimate of drug-likeness (QED) is 0.371. The molecule has 0 spiro atoms. The number of rotatable bonds is 2. The van der Waals surface area contributed by atoms with E-state index in [9.17, 15) is 4.91 Å². The zero-order valence-electron chi connectivity index (χ0n) is 7.72.